The van der Waals surface area contributed by atoms with Crippen molar-refractivity contribution in [2.45, 2.75) is 37.9 Å². The SMILES string of the molecule is CC(C)c1nc(COC(N)=O)n(Cc2cccnc2)c1S(=O)(=O)Oc1cc(Cl)cc(Cl)c1. The molecule has 2 aromatic heterocycles. The maximum Gasteiger partial charge on any atom is 0.404 e. The molecule has 0 saturated heterocycles. The third kappa shape index (κ3) is 5.70. The molecular weight excluding hydrogens is 479 g/mol. The van der Waals surface area contributed by atoms with Gasteiger partial charge in [-0.1, -0.05) is 43.1 Å². The van der Waals surface area contributed by atoms with E-state index in [4.69, 9.17) is 37.9 Å². The molecule has 0 bridgehead atoms. The van der Waals surface area contributed by atoms with Crippen LogP contribution in [0.3, 0.4) is 0 Å². The van der Waals surface area contributed by atoms with Crippen molar-refractivity contribution in [3.05, 3.63) is 69.9 Å². The number of imidazole rings is 1. The van der Waals surface area contributed by atoms with Crippen LogP contribution in [-0.2, 0) is 28.0 Å². The summed E-state index contributed by atoms with van der Waals surface area (Å²) in [6.45, 7) is 3.32. The van der Waals surface area contributed by atoms with E-state index in [-0.39, 0.29) is 51.4 Å². The molecule has 170 valence electrons. The van der Waals surface area contributed by atoms with Gasteiger partial charge in [0.2, 0.25) is 0 Å². The highest BCUT2D eigenvalue weighted by Gasteiger charge is 2.32. The topological polar surface area (TPSA) is 126 Å². The summed E-state index contributed by atoms with van der Waals surface area (Å²) in [5.41, 5.74) is 6.03. The van der Waals surface area contributed by atoms with E-state index in [1.54, 1.807) is 38.4 Å². The monoisotopic (exact) mass is 498 g/mol. The Bertz CT molecular complexity index is 1210. The quantitative estimate of drug-likeness (QED) is 0.462. The van der Waals surface area contributed by atoms with Gasteiger partial charge in [-0.25, -0.2) is 9.78 Å². The molecule has 3 rings (SSSR count). The number of primary amides is 1. The average molecular weight is 499 g/mol. The molecule has 2 heterocycles. The zero-order chi connectivity index (χ0) is 23.5. The van der Waals surface area contributed by atoms with Crippen LogP contribution in [0.2, 0.25) is 10.0 Å². The van der Waals surface area contributed by atoms with E-state index >= 15 is 0 Å². The van der Waals surface area contributed by atoms with Gasteiger partial charge in [-0.05, 0) is 23.6 Å². The Balaban J connectivity index is 2.15. The lowest BCUT2D eigenvalue weighted by Gasteiger charge is -2.15. The molecule has 32 heavy (non-hydrogen) atoms. The maximum atomic E-state index is 13.4. The van der Waals surface area contributed by atoms with Crippen molar-refractivity contribution in [2.24, 2.45) is 5.73 Å². The number of benzene rings is 1. The smallest absolute Gasteiger partial charge is 0.404 e. The van der Waals surface area contributed by atoms with Crippen LogP contribution in [0, 0.1) is 0 Å². The van der Waals surface area contributed by atoms with Gasteiger partial charge in [-0.3, -0.25) is 4.98 Å². The number of carbonyl (C=O) groups excluding carboxylic acids is 1. The van der Waals surface area contributed by atoms with Crippen LogP contribution in [0.1, 0.15) is 36.8 Å². The fraction of sp³-hybridized carbons (Fsp3) is 0.250. The number of aromatic nitrogens is 3. The molecule has 0 aliphatic heterocycles. The van der Waals surface area contributed by atoms with Gasteiger partial charge in [0, 0.05) is 34.6 Å². The molecular formula is C20H20Cl2N4O5S. The average Bonchev–Trinajstić information content (AvgIpc) is 3.05. The van der Waals surface area contributed by atoms with Crippen LogP contribution >= 0.6 is 23.2 Å². The molecule has 0 atom stereocenters. The molecule has 0 aliphatic rings. The molecule has 0 spiro atoms. The minimum absolute atomic E-state index is 0.0544. The molecule has 9 nitrogen and oxygen atoms in total. The summed E-state index contributed by atoms with van der Waals surface area (Å²) in [4.78, 5) is 19.6. The second-order valence-corrected chi connectivity index (χ2v) is 9.41. The zero-order valence-corrected chi connectivity index (χ0v) is 19.5. The van der Waals surface area contributed by atoms with Crippen molar-refractivity contribution >= 4 is 39.4 Å². The predicted octanol–water partition coefficient (Wildman–Crippen LogP) is 4.12. The number of amides is 1. The largest absolute Gasteiger partial charge is 0.442 e. The number of carbonyl (C=O) groups is 1. The van der Waals surface area contributed by atoms with Crippen LogP contribution in [0.4, 0.5) is 4.79 Å². The third-order valence-corrected chi connectivity index (χ3v) is 6.01. The van der Waals surface area contributed by atoms with Crippen LogP contribution < -0.4 is 9.92 Å². The number of hydrogen-bond donors (Lipinski definition) is 1. The molecule has 0 fully saturated rings. The summed E-state index contributed by atoms with van der Waals surface area (Å²) in [7, 11) is -4.40. The van der Waals surface area contributed by atoms with Crippen LogP contribution in [0.15, 0.2) is 47.8 Å². The second-order valence-electron chi connectivity index (χ2n) is 7.07. The normalized spacial score (nSPS) is 11.5. The minimum Gasteiger partial charge on any atom is -0.442 e. The van der Waals surface area contributed by atoms with Gasteiger partial charge in [-0.2, -0.15) is 8.42 Å². The van der Waals surface area contributed by atoms with Crippen molar-refractivity contribution in [3.63, 3.8) is 0 Å². The van der Waals surface area contributed by atoms with E-state index in [1.807, 2.05) is 0 Å². The predicted molar refractivity (Wildman–Crippen MR) is 118 cm³/mol. The third-order valence-electron chi connectivity index (χ3n) is 4.26. The van der Waals surface area contributed by atoms with E-state index in [2.05, 4.69) is 9.97 Å². The molecule has 0 aliphatic carbocycles. The van der Waals surface area contributed by atoms with Gasteiger partial charge >= 0.3 is 16.2 Å². The van der Waals surface area contributed by atoms with Crippen molar-refractivity contribution in [2.75, 3.05) is 0 Å². The number of rotatable bonds is 8. The van der Waals surface area contributed by atoms with E-state index in [1.165, 1.54) is 22.8 Å². The first-order chi connectivity index (χ1) is 15.1. The Morgan fingerprint density at radius 3 is 2.47 bits per heavy atom. The molecule has 0 saturated carbocycles. The maximum absolute atomic E-state index is 13.4. The summed E-state index contributed by atoms with van der Waals surface area (Å²) in [5.74, 6) is -0.169. The Hall–Kier alpha value is -2.82. The molecule has 2 N–H and O–H groups in total. The minimum atomic E-state index is -4.40. The Kier molecular flexibility index (Phi) is 7.27. The summed E-state index contributed by atoms with van der Waals surface area (Å²) < 4.78 is 38.4. The van der Waals surface area contributed by atoms with E-state index < -0.39 is 16.2 Å². The first kappa shape index (κ1) is 23.8. The van der Waals surface area contributed by atoms with Crippen LogP contribution in [0.25, 0.3) is 0 Å². The lowest BCUT2D eigenvalue weighted by molar-refractivity contribution is 0.145. The standard InChI is InChI=1S/C20H20Cl2N4O5S/c1-12(2)18-19(32(28,29)31-16-7-14(21)6-15(22)8-16)26(10-13-4-3-5-24-9-13)17(25-18)11-30-20(23)27/h3-9,12H,10-11H2,1-2H3,(H2,23,27). The molecule has 0 radical (unpaired) electrons. The summed E-state index contributed by atoms with van der Waals surface area (Å²) >= 11 is 12.0. The Morgan fingerprint density at radius 2 is 1.91 bits per heavy atom. The first-order valence-electron chi connectivity index (χ1n) is 9.38. The molecule has 3 aromatic rings. The Morgan fingerprint density at radius 1 is 1.22 bits per heavy atom. The fourth-order valence-corrected chi connectivity index (χ4v) is 4.88. The van der Waals surface area contributed by atoms with Gasteiger partial charge in [0.05, 0.1) is 12.2 Å². The summed E-state index contributed by atoms with van der Waals surface area (Å²) in [5, 5.41) is 0.243. The van der Waals surface area contributed by atoms with Gasteiger partial charge < -0.3 is 19.2 Å². The second kappa shape index (κ2) is 9.76. The zero-order valence-electron chi connectivity index (χ0n) is 17.2. The van der Waals surface area contributed by atoms with E-state index in [0.717, 1.165) is 0 Å². The summed E-state index contributed by atoms with van der Waals surface area (Å²) in [6, 6.07) is 7.61. The highest BCUT2D eigenvalue weighted by Crippen LogP contribution is 2.31. The highest BCUT2D eigenvalue weighted by molar-refractivity contribution is 7.87. The van der Waals surface area contributed by atoms with Gasteiger partial charge in [-0.15, -0.1) is 0 Å². The molecule has 0 unspecified atom stereocenters. The lowest BCUT2D eigenvalue weighted by Crippen LogP contribution is -2.20. The van der Waals surface area contributed by atoms with Crippen molar-refractivity contribution in [3.8, 4) is 5.75 Å². The van der Waals surface area contributed by atoms with Gasteiger partial charge in [0.25, 0.3) is 0 Å². The molecule has 1 aromatic carbocycles. The van der Waals surface area contributed by atoms with Crippen molar-refractivity contribution < 1.29 is 22.1 Å². The van der Waals surface area contributed by atoms with Crippen molar-refractivity contribution in [1.29, 1.82) is 0 Å². The molecule has 1 amide bonds. The summed E-state index contributed by atoms with van der Waals surface area (Å²) in [6.07, 6.45) is 2.17. The first-order valence-corrected chi connectivity index (χ1v) is 11.5. The van der Waals surface area contributed by atoms with Gasteiger partial charge in [0.15, 0.2) is 11.6 Å². The molecule has 12 heteroatoms. The number of hydrogen-bond acceptors (Lipinski definition) is 7. The van der Waals surface area contributed by atoms with E-state index in [0.29, 0.717) is 5.56 Å². The van der Waals surface area contributed by atoms with Crippen LogP contribution in [0.5, 0.6) is 5.75 Å². The Labute approximate surface area is 195 Å². The van der Waals surface area contributed by atoms with Crippen LogP contribution in [-0.4, -0.2) is 29.0 Å². The van der Waals surface area contributed by atoms with Crippen molar-refractivity contribution in [1.82, 2.24) is 14.5 Å². The van der Waals surface area contributed by atoms with E-state index in [9.17, 15) is 13.2 Å². The number of ether oxygens (including phenoxy) is 1. The highest BCUT2D eigenvalue weighted by atomic mass is 35.5. The fourth-order valence-electron chi connectivity index (χ4n) is 2.97. The lowest BCUT2D eigenvalue weighted by atomic mass is 10.1. The number of halogens is 2. The number of nitrogens with two attached hydrogens (primary N) is 1. The number of pyridine rings is 1. The van der Waals surface area contributed by atoms with Gasteiger partial charge in [0.1, 0.15) is 11.6 Å². The number of nitrogens with zero attached hydrogens (tertiary/aromatic N) is 3.